The fourth-order valence-electron chi connectivity index (χ4n) is 1.68. The third kappa shape index (κ3) is 3.71. The van der Waals surface area contributed by atoms with Crippen LogP contribution < -0.4 is 10.5 Å². The molecule has 2 aromatic carbocycles. The number of hydrogen-bond acceptors (Lipinski definition) is 3. The smallest absolute Gasteiger partial charge is 0.263 e. The zero-order chi connectivity index (χ0) is 15.8. The number of benzene rings is 2. The highest BCUT2D eigenvalue weighted by molar-refractivity contribution is 9.11. The number of halogens is 3. The maximum atomic E-state index is 12.5. The molecule has 2 aromatic rings. The highest BCUT2D eigenvalue weighted by Gasteiger charge is 2.21. The van der Waals surface area contributed by atoms with E-state index in [1.807, 2.05) is 19.1 Å². The molecule has 0 aliphatic carbocycles. The zero-order valence-corrected chi connectivity index (χ0v) is 15.6. The van der Waals surface area contributed by atoms with E-state index in [0.29, 0.717) is 10.2 Å². The molecule has 0 radical (unpaired) electrons. The van der Waals surface area contributed by atoms with E-state index in [2.05, 4.69) is 36.6 Å². The van der Waals surface area contributed by atoms with Crippen molar-refractivity contribution in [3.05, 3.63) is 49.9 Å². The van der Waals surface area contributed by atoms with Gasteiger partial charge in [-0.25, -0.2) is 8.42 Å². The van der Waals surface area contributed by atoms with Gasteiger partial charge in [-0.05, 0) is 68.6 Å². The predicted molar refractivity (Wildman–Crippen MR) is 93.3 cm³/mol. The summed E-state index contributed by atoms with van der Waals surface area (Å²) in [4.78, 5) is -0.0139. The van der Waals surface area contributed by atoms with E-state index in [1.165, 1.54) is 12.1 Å². The summed E-state index contributed by atoms with van der Waals surface area (Å²) in [5, 5.41) is 0.249. The van der Waals surface area contributed by atoms with Crippen LogP contribution in [0.5, 0.6) is 0 Å². The van der Waals surface area contributed by atoms with Crippen LogP contribution in [0, 0.1) is 6.92 Å². The Morgan fingerprint density at radius 3 is 2.48 bits per heavy atom. The van der Waals surface area contributed by atoms with Gasteiger partial charge in [0.1, 0.15) is 4.90 Å². The molecule has 8 heteroatoms. The second-order valence-corrected chi connectivity index (χ2v) is 8.13. The molecular weight excluding hydrogens is 443 g/mol. The Morgan fingerprint density at radius 1 is 1.19 bits per heavy atom. The number of nitrogen functional groups attached to an aromatic ring is 1. The van der Waals surface area contributed by atoms with Crippen molar-refractivity contribution >= 4 is 64.9 Å². The number of aryl methyl sites for hydroxylation is 1. The van der Waals surface area contributed by atoms with Crippen LogP contribution in [0.2, 0.25) is 5.02 Å². The Labute approximate surface area is 145 Å². The maximum Gasteiger partial charge on any atom is 0.263 e. The largest absolute Gasteiger partial charge is 0.398 e. The fourth-order valence-corrected chi connectivity index (χ4v) is 4.78. The number of hydrogen-bond donors (Lipinski definition) is 2. The van der Waals surface area contributed by atoms with Crippen molar-refractivity contribution in [2.45, 2.75) is 11.8 Å². The summed E-state index contributed by atoms with van der Waals surface area (Å²) in [6, 6.07) is 8.13. The molecule has 0 aliphatic rings. The van der Waals surface area contributed by atoms with Crippen molar-refractivity contribution in [1.82, 2.24) is 0 Å². The lowest BCUT2D eigenvalue weighted by Crippen LogP contribution is -2.14. The van der Waals surface area contributed by atoms with Gasteiger partial charge in [0.2, 0.25) is 0 Å². The van der Waals surface area contributed by atoms with Gasteiger partial charge in [-0.1, -0.05) is 17.7 Å². The molecule has 0 aliphatic heterocycles. The molecule has 4 nitrogen and oxygen atoms in total. The number of nitrogens with one attached hydrogen (secondary N) is 1. The van der Waals surface area contributed by atoms with Gasteiger partial charge < -0.3 is 5.73 Å². The molecule has 0 atom stereocenters. The minimum atomic E-state index is -3.82. The van der Waals surface area contributed by atoms with Gasteiger partial charge in [-0.2, -0.15) is 0 Å². The van der Waals surface area contributed by atoms with Crippen LogP contribution in [-0.4, -0.2) is 8.42 Å². The second-order valence-electron chi connectivity index (χ2n) is 4.40. The van der Waals surface area contributed by atoms with E-state index in [1.54, 1.807) is 6.07 Å². The van der Waals surface area contributed by atoms with Crippen molar-refractivity contribution in [2.24, 2.45) is 0 Å². The summed E-state index contributed by atoms with van der Waals surface area (Å²) in [5.41, 5.74) is 7.43. The fraction of sp³-hybridized carbons (Fsp3) is 0.0769. The van der Waals surface area contributed by atoms with Crippen molar-refractivity contribution in [3.63, 3.8) is 0 Å². The standard InChI is InChI=1S/C13H11Br2ClN2O2S/c1-7-2-3-11(9(14)4-7)18-21(19,20)12-6-8(16)5-10(17)13(12)15/h2-6,18H,17H2,1H3. The van der Waals surface area contributed by atoms with E-state index < -0.39 is 10.0 Å². The molecule has 0 saturated carbocycles. The lowest BCUT2D eigenvalue weighted by molar-refractivity contribution is 0.601. The average Bonchev–Trinajstić information content (AvgIpc) is 2.37. The van der Waals surface area contributed by atoms with Gasteiger partial charge >= 0.3 is 0 Å². The Bertz CT molecular complexity index is 810. The third-order valence-corrected chi connectivity index (χ3v) is 6.10. The number of rotatable bonds is 3. The Hall–Kier alpha value is -0.760. The highest BCUT2D eigenvalue weighted by Crippen LogP contribution is 2.33. The number of nitrogens with two attached hydrogens (primary N) is 1. The average molecular weight is 455 g/mol. The van der Waals surface area contributed by atoms with Crippen LogP contribution in [0.4, 0.5) is 11.4 Å². The topological polar surface area (TPSA) is 72.2 Å². The van der Waals surface area contributed by atoms with E-state index in [4.69, 9.17) is 17.3 Å². The molecule has 0 aromatic heterocycles. The Morgan fingerprint density at radius 2 is 1.86 bits per heavy atom. The number of anilines is 2. The van der Waals surface area contributed by atoms with Gasteiger partial charge in [-0.3, -0.25) is 4.72 Å². The van der Waals surface area contributed by atoms with Crippen LogP contribution in [0.25, 0.3) is 0 Å². The van der Waals surface area contributed by atoms with Crippen LogP contribution in [0.1, 0.15) is 5.56 Å². The zero-order valence-electron chi connectivity index (χ0n) is 10.8. The maximum absolute atomic E-state index is 12.5. The van der Waals surface area contributed by atoms with E-state index in [-0.39, 0.29) is 20.1 Å². The van der Waals surface area contributed by atoms with E-state index in [0.717, 1.165) is 5.56 Å². The first-order valence-corrected chi connectivity index (χ1v) is 9.19. The summed E-state index contributed by atoms with van der Waals surface area (Å²) in [6.07, 6.45) is 0. The summed E-state index contributed by atoms with van der Waals surface area (Å²) >= 11 is 12.4. The predicted octanol–water partition coefficient (Wildman–Crippen LogP) is 4.56. The van der Waals surface area contributed by atoms with Gasteiger partial charge in [0.05, 0.1) is 10.2 Å². The van der Waals surface area contributed by atoms with Crippen LogP contribution in [0.3, 0.4) is 0 Å². The molecule has 2 rings (SSSR count). The summed E-state index contributed by atoms with van der Waals surface area (Å²) in [5.74, 6) is 0. The van der Waals surface area contributed by atoms with Crippen LogP contribution >= 0.6 is 43.5 Å². The van der Waals surface area contributed by atoms with Gasteiger partial charge in [0.25, 0.3) is 10.0 Å². The quantitative estimate of drug-likeness (QED) is 0.668. The highest BCUT2D eigenvalue weighted by atomic mass is 79.9. The van der Waals surface area contributed by atoms with Crippen molar-refractivity contribution < 1.29 is 8.42 Å². The molecule has 0 amide bonds. The number of sulfonamides is 1. The lowest BCUT2D eigenvalue weighted by Gasteiger charge is -2.13. The van der Waals surface area contributed by atoms with E-state index >= 15 is 0 Å². The molecule has 0 unspecified atom stereocenters. The minimum absolute atomic E-state index is 0.0139. The first kappa shape index (κ1) is 16.6. The molecule has 0 spiro atoms. The minimum Gasteiger partial charge on any atom is -0.398 e. The first-order chi connectivity index (χ1) is 9.70. The molecule has 3 N–H and O–H groups in total. The molecule has 0 heterocycles. The van der Waals surface area contributed by atoms with Crippen LogP contribution in [-0.2, 0) is 10.0 Å². The lowest BCUT2D eigenvalue weighted by atomic mass is 10.2. The van der Waals surface area contributed by atoms with Crippen molar-refractivity contribution in [3.8, 4) is 0 Å². The summed E-state index contributed by atoms with van der Waals surface area (Å²) in [6.45, 7) is 1.91. The molecule has 0 bridgehead atoms. The van der Waals surface area contributed by atoms with Crippen LogP contribution in [0.15, 0.2) is 44.2 Å². The monoisotopic (exact) mass is 452 g/mol. The SMILES string of the molecule is Cc1ccc(NS(=O)(=O)c2cc(Cl)cc(N)c2Br)c(Br)c1. The molecule has 21 heavy (non-hydrogen) atoms. The van der Waals surface area contributed by atoms with Crippen molar-refractivity contribution in [2.75, 3.05) is 10.5 Å². The van der Waals surface area contributed by atoms with Crippen molar-refractivity contribution in [1.29, 1.82) is 0 Å². The normalized spacial score (nSPS) is 11.4. The van der Waals surface area contributed by atoms with Gasteiger partial charge in [0, 0.05) is 15.2 Å². The second kappa shape index (κ2) is 6.16. The Kier molecular flexibility index (Phi) is 4.87. The molecule has 112 valence electrons. The Balaban J connectivity index is 2.48. The summed E-state index contributed by atoms with van der Waals surface area (Å²) < 4.78 is 28.4. The van der Waals surface area contributed by atoms with Gasteiger partial charge in [0.15, 0.2) is 0 Å². The third-order valence-electron chi connectivity index (χ3n) is 2.69. The molecule has 0 saturated heterocycles. The first-order valence-electron chi connectivity index (χ1n) is 5.74. The molecular formula is C13H11Br2ClN2O2S. The van der Waals surface area contributed by atoms with Gasteiger partial charge in [-0.15, -0.1) is 0 Å². The van der Waals surface area contributed by atoms with E-state index in [9.17, 15) is 8.42 Å². The summed E-state index contributed by atoms with van der Waals surface area (Å²) in [7, 11) is -3.82. The molecule has 0 fully saturated rings.